The number of rotatable bonds is 3. The Hall–Kier alpha value is -1.59. The topological polar surface area (TPSA) is 119 Å². The number of carbonyl (C=O) groups is 1. The first-order valence-corrected chi connectivity index (χ1v) is 6.96. The largest absolute Gasteiger partial charge is 0.479 e. The van der Waals surface area contributed by atoms with Gasteiger partial charge in [0.25, 0.3) is 0 Å². The fourth-order valence-electron chi connectivity index (χ4n) is 2.16. The normalized spacial score (nSPS) is 30.9. The maximum absolute atomic E-state index is 12.6. The number of ether oxygens (including phenoxy) is 1. The van der Waals surface area contributed by atoms with Crippen LogP contribution in [-0.4, -0.2) is 57.0 Å². The van der Waals surface area contributed by atoms with Crippen LogP contribution in [0.3, 0.4) is 0 Å². The molecule has 0 amide bonds. The molecule has 0 spiro atoms. The van der Waals surface area contributed by atoms with Crippen LogP contribution in [0.4, 0.5) is 18.9 Å². The van der Waals surface area contributed by atoms with Gasteiger partial charge in [-0.25, -0.2) is 4.79 Å². The second-order valence-electron chi connectivity index (χ2n) is 5.12. The molecule has 1 saturated heterocycles. The van der Waals surface area contributed by atoms with Gasteiger partial charge in [0.05, 0.1) is 16.3 Å². The summed E-state index contributed by atoms with van der Waals surface area (Å²) in [5, 5.41) is 40.0. The number of alkyl halides is 3. The van der Waals surface area contributed by atoms with Crippen molar-refractivity contribution in [1.82, 2.24) is 0 Å². The van der Waals surface area contributed by atoms with Crippen LogP contribution in [-0.2, 0) is 15.7 Å². The average Bonchev–Trinajstić information content (AvgIpc) is 2.48. The Bertz CT molecular complexity index is 628. The molecule has 0 aromatic heterocycles. The first kappa shape index (κ1) is 18.7. The summed E-state index contributed by atoms with van der Waals surface area (Å²) in [6.45, 7) is 0. The van der Waals surface area contributed by atoms with Gasteiger partial charge in [-0.15, -0.1) is 0 Å². The second-order valence-corrected chi connectivity index (χ2v) is 5.53. The molecule has 5 atom stereocenters. The number of aliphatic hydroxyl groups excluding tert-OH is 3. The van der Waals surface area contributed by atoms with E-state index < -0.39 is 48.4 Å². The van der Waals surface area contributed by atoms with Crippen LogP contribution in [0.5, 0.6) is 0 Å². The molecule has 1 heterocycles. The predicted molar refractivity (Wildman–Crippen MR) is 74.4 cm³/mol. The summed E-state index contributed by atoms with van der Waals surface area (Å²) in [5.41, 5.74) is -1.08. The van der Waals surface area contributed by atoms with Crippen molar-refractivity contribution in [2.24, 2.45) is 0 Å². The van der Waals surface area contributed by atoms with Gasteiger partial charge in [0, 0.05) is 0 Å². The van der Waals surface area contributed by atoms with Crippen molar-refractivity contribution in [1.29, 1.82) is 0 Å². The Morgan fingerprint density at radius 1 is 1.17 bits per heavy atom. The van der Waals surface area contributed by atoms with Crippen LogP contribution >= 0.6 is 11.6 Å². The van der Waals surface area contributed by atoms with Crippen molar-refractivity contribution in [3.8, 4) is 0 Å². The van der Waals surface area contributed by atoms with Gasteiger partial charge >= 0.3 is 12.1 Å². The quantitative estimate of drug-likeness (QED) is 0.529. The third-order valence-corrected chi connectivity index (χ3v) is 3.76. The molecule has 0 saturated carbocycles. The molecule has 7 nitrogen and oxygen atoms in total. The van der Waals surface area contributed by atoms with E-state index in [-0.39, 0.29) is 10.7 Å². The van der Waals surface area contributed by atoms with Gasteiger partial charge in [0.2, 0.25) is 0 Å². The summed E-state index contributed by atoms with van der Waals surface area (Å²) in [5.74, 6) is -1.58. The van der Waals surface area contributed by atoms with E-state index in [1.807, 2.05) is 0 Å². The number of hydrogen-bond donors (Lipinski definition) is 5. The molecular formula is C13H13ClF3NO6. The van der Waals surface area contributed by atoms with E-state index in [1.165, 1.54) is 0 Å². The Morgan fingerprint density at radius 2 is 1.79 bits per heavy atom. The fraction of sp³-hybridized carbons (Fsp3) is 0.462. The number of halogens is 4. The Labute approximate surface area is 138 Å². The zero-order valence-electron chi connectivity index (χ0n) is 11.7. The fourth-order valence-corrected chi connectivity index (χ4v) is 2.40. The predicted octanol–water partition coefficient (Wildman–Crippen LogP) is 0.663. The van der Waals surface area contributed by atoms with Gasteiger partial charge in [-0.2, -0.15) is 13.2 Å². The lowest BCUT2D eigenvalue weighted by Gasteiger charge is -2.39. The van der Waals surface area contributed by atoms with Gasteiger partial charge in [-0.1, -0.05) is 11.6 Å². The van der Waals surface area contributed by atoms with Crippen molar-refractivity contribution in [3.63, 3.8) is 0 Å². The standard InChI is InChI=1S/C13H13ClF3NO6/c14-5-3-4(13(15,16)17)1-2-6(5)18-11-9(21)7(19)8(20)10(24-11)12(22)23/h1-3,7-11,18-21H,(H,22,23)/t7-,8-,9+,10-,11+/m0/s1. The lowest BCUT2D eigenvalue weighted by atomic mass is 9.98. The minimum atomic E-state index is -4.60. The molecule has 1 aliphatic rings. The highest BCUT2D eigenvalue weighted by molar-refractivity contribution is 6.33. The highest BCUT2D eigenvalue weighted by atomic mass is 35.5. The zero-order valence-corrected chi connectivity index (χ0v) is 12.5. The van der Waals surface area contributed by atoms with Gasteiger partial charge < -0.3 is 30.5 Å². The molecule has 1 aromatic rings. The molecule has 5 N–H and O–H groups in total. The lowest BCUT2D eigenvalue weighted by molar-refractivity contribution is -0.221. The average molecular weight is 372 g/mol. The van der Waals surface area contributed by atoms with Crippen LogP contribution in [0.25, 0.3) is 0 Å². The van der Waals surface area contributed by atoms with Crippen LogP contribution in [0, 0.1) is 0 Å². The number of anilines is 1. The number of aliphatic hydroxyl groups is 3. The SMILES string of the molecule is O=C(O)[C@H]1O[C@@H](Nc2ccc(C(F)(F)F)cc2Cl)[C@H](O)[C@@H](O)[C@@H]1O. The minimum Gasteiger partial charge on any atom is -0.479 e. The number of carboxylic acids is 1. The van der Waals surface area contributed by atoms with E-state index in [9.17, 15) is 33.3 Å². The third-order valence-electron chi connectivity index (χ3n) is 3.45. The van der Waals surface area contributed by atoms with Crippen molar-refractivity contribution < 1.29 is 43.1 Å². The van der Waals surface area contributed by atoms with E-state index >= 15 is 0 Å². The second kappa shape index (κ2) is 6.73. The van der Waals surface area contributed by atoms with Gasteiger partial charge in [-0.3, -0.25) is 0 Å². The number of nitrogens with one attached hydrogen (secondary N) is 1. The molecule has 24 heavy (non-hydrogen) atoms. The Balaban J connectivity index is 2.22. The van der Waals surface area contributed by atoms with Crippen LogP contribution in [0.15, 0.2) is 18.2 Å². The van der Waals surface area contributed by atoms with Gasteiger partial charge in [0.1, 0.15) is 18.3 Å². The summed E-state index contributed by atoms with van der Waals surface area (Å²) in [6, 6.07) is 2.33. The Kier molecular flexibility index (Phi) is 5.25. The summed E-state index contributed by atoms with van der Waals surface area (Å²) >= 11 is 5.74. The lowest BCUT2D eigenvalue weighted by Crippen LogP contribution is -2.61. The first-order chi connectivity index (χ1) is 11.0. The summed E-state index contributed by atoms with van der Waals surface area (Å²) in [4.78, 5) is 11.0. The molecular weight excluding hydrogens is 359 g/mol. The van der Waals surface area contributed by atoms with E-state index in [0.29, 0.717) is 6.07 Å². The molecule has 0 aliphatic carbocycles. The van der Waals surface area contributed by atoms with Gasteiger partial charge in [0.15, 0.2) is 12.3 Å². The molecule has 0 radical (unpaired) electrons. The summed E-state index contributed by atoms with van der Waals surface area (Å²) < 4.78 is 42.7. The molecule has 2 rings (SSSR count). The molecule has 11 heteroatoms. The highest BCUT2D eigenvalue weighted by Crippen LogP contribution is 2.34. The third kappa shape index (κ3) is 3.73. The van der Waals surface area contributed by atoms with Crippen molar-refractivity contribution in [3.05, 3.63) is 28.8 Å². The summed E-state index contributed by atoms with van der Waals surface area (Å²) in [6.07, 6.45) is -13.4. The first-order valence-electron chi connectivity index (χ1n) is 6.58. The molecule has 1 aromatic carbocycles. The molecule has 1 fully saturated rings. The van der Waals surface area contributed by atoms with E-state index in [4.69, 9.17) is 21.4 Å². The van der Waals surface area contributed by atoms with E-state index in [1.54, 1.807) is 0 Å². The van der Waals surface area contributed by atoms with Crippen molar-refractivity contribution in [2.45, 2.75) is 36.8 Å². The number of carboxylic acid groups (broad SMARTS) is 1. The maximum atomic E-state index is 12.6. The monoisotopic (exact) mass is 371 g/mol. The number of benzene rings is 1. The smallest absolute Gasteiger partial charge is 0.416 e. The highest BCUT2D eigenvalue weighted by Gasteiger charge is 2.47. The van der Waals surface area contributed by atoms with Crippen LogP contribution < -0.4 is 5.32 Å². The van der Waals surface area contributed by atoms with E-state index in [0.717, 1.165) is 12.1 Å². The van der Waals surface area contributed by atoms with Gasteiger partial charge in [-0.05, 0) is 18.2 Å². The van der Waals surface area contributed by atoms with Crippen molar-refractivity contribution >= 4 is 23.3 Å². The molecule has 134 valence electrons. The Morgan fingerprint density at radius 3 is 2.29 bits per heavy atom. The van der Waals surface area contributed by atoms with Crippen molar-refractivity contribution in [2.75, 3.05) is 5.32 Å². The molecule has 0 unspecified atom stereocenters. The molecule has 1 aliphatic heterocycles. The minimum absolute atomic E-state index is 0.0820. The maximum Gasteiger partial charge on any atom is 0.416 e. The molecule has 0 bridgehead atoms. The zero-order chi connectivity index (χ0) is 18.2. The number of hydrogen-bond acceptors (Lipinski definition) is 6. The van der Waals surface area contributed by atoms with Crippen LogP contribution in [0.2, 0.25) is 5.02 Å². The van der Waals surface area contributed by atoms with E-state index in [2.05, 4.69) is 5.32 Å². The van der Waals surface area contributed by atoms with Crippen LogP contribution in [0.1, 0.15) is 5.56 Å². The summed E-state index contributed by atoms with van der Waals surface area (Å²) in [7, 11) is 0. The number of aliphatic carboxylic acids is 1.